The number of nitrogens with zero attached hydrogens (tertiary/aromatic N) is 1. The summed E-state index contributed by atoms with van der Waals surface area (Å²) in [5.74, 6) is -0.292. The zero-order valence-corrected chi connectivity index (χ0v) is 11.0. The lowest BCUT2D eigenvalue weighted by molar-refractivity contribution is -0.607. The van der Waals surface area contributed by atoms with Crippen LogP contribution in [0.15, 0.2) is 24.4 Å². The van der Waals surface area contributed by atoms with Crippen molar-refractivity contribution in [2.45, 2.75) is 45.4 Å². The number of unbranched alkanes of at least 4 members (excludes halogenated alkanes) is 5. The average Bonchev–Trinajstić information content (AvgIpc) is 2.38. The van der Waals surface area contributed by atoms with E-state index in [1.165, 1.54) is 37.9 Å². The van der Waals surface area contributed by atoms with Gasteiger partial charge < -0.3 is 10.5 Å². The zero-order valence-electron chi connectivity index (χ0n) is 11.0. The normalized spacial score (nSPS) is 10.3. The molecule has 4 nitrogen and oxygen atoms in total. The summed E-state index contributed by atoms with van der Waals surface area (Å²) in [5, 5.41) is 14.1. The van der Waals surface area contributed by atoms with Gasteiger partial charge in [0, 0.05) is 18.7 Å². The third-order valence-electron chi connectivity index (χ3n) is 2.87. The molecular weight excluding hydrogens is 228 g/mol. The summed E-state index contributed by atoms with van der Waals surface area (Å²) >= 11 is 0. The van der Waals surface area contributed by atoms with Crippen molar-refractivity contribution in [1.29, 1.82) is 0 Å². The maximum Gasteiger partial charge on any atom is 0.317 e. The molecule has 0 atom stereocenters. The molecule has 0 fully saturated rings. The summed E-state index contributed by atoms with van der Waals surface area (Å²) in [7, 11) is 0. The number of hydrogen-bond donors (Lipinski definition) is 1. The van der Waals surface area contributed by atoms with Crippen molar-refractivity contribution in [3.63, 3.8) is 0 Å². The van der Waals surface area contributed by atoms with E-state index in [4.69, 9.17) is 0 Å². The maximum atomic E-state index is 11.7. The highest BCUT2D eigenvalue weighted by Gasteiger charge is 2.13. The first kappa shape index (κ1) is 14.5. The van der Waals surface area contributed by atoms with Crippen molar-refractivity contribution in [2.24, 2.45) is 0 Å². The summed E-state index contributed by atoms with van der Waals surface area (Å²) in [6.45, 7) is 2.83. The van der Waals surface area contributed by atoms with Crippen molar-refractivity contribution in [3.8, 4) is 0 Å². The van der Waals surface area contributed by atoms with E-state index in [-0.39, 0.29) is 11.6 Å². The lowest BCUT2D eigenvalue weighted by atomic mass is 10.1. The van der Waals surface area contributed by atoms with E-state index in [0.717, 1.165) is 12.8 Å². The number of carbonyl (C=O) groups excluding carboxylic acids is 1. The lowest BCUT2D eigenvalue weighted by Gasteiger charge is -2.05. The molecule has 100 valence electrons. The van der Waals surface area contributed by atoms with Crippen LogP contribution in [0, 0.1) is 5.21 Å². The molecule has 0 saturated heterocycles. The predicted molar refractivity (Wildman–Crippen MR) is 71.1 cm³/mol. The molecule has 0 bridgehead atoms. The number of rotatable bonds is 8. The first-order chi connectivity index (χ1) is 8.75. The third-order valence-corrected chi connectivity index (χ3v) is 2.87. The molecule has 0 aliphatic heterocycles. The maximum absolute atomic E-state index is 11.7. The van der Waals surface area contributed by atoms with Crippen molar-refractivity contribution in [3.05, 3.63) is 35.3 Å². The Kier molecular flexibility index (Phi) is 6.84. The van der Waals surface area contributed by atoms with Gasteiger partial charge in [-0.25, -0.2) is 0 Å². The molecule has 0 saturated carbocycles. The number of hydrogen-bond acceptors (Lipinski definition) is 2. The summed E-state index contributed by atoms with van der Waals surface area (Å²) in [4.78, 5) is 11.7. The van der Waals surface area contributed by atoms with Crippen LogP contribution in [0.3, 0.4) is 0 Å². The molecule has 0 aromatic carbocycles. The predicted octanol–water partition coefficient (Wildman–Crippen LogP) is 2.41. The van der Waals surface area contributed by atoms with E-state index in [0.29, 0.717) is 11.3 Å². The highest BCUT2D eigenvalue weighted by Crippen LogP contribution is 2.04. The fraction of sp³-hybridized carbons (Fsp3) is 0.571. The molecule has 1 aromatic rings. The molecule has 1 heterocycles. The Morgan fingerprint density at radius 3 is 2.67 bits per heavy atom. The second-order valence-electron chi connectivity index (χ2n) is 4.44. The Balaban J connectivity index is 2.16. The molecular formula is C14H22N2O2. The second-order valence-corrected chi connectivity index (χ2v) is 4.44. The van der Waals surface area contributed by atoms with Gasteiger partial charge in [-0.05, 0) is 12.5 Å². The van der Waals surface area contributed by atoms with Crippen LogP contribution in [-0.2, 0) is 0 Å². The van der Waals surface area contributed by atoms with Gasteiger partial charge in [-0.3, -0.25) is 4.79 Å². The van der Waals surface area contributed by atoms with Gasteiger partial charge in [0.1, 0.15) is 0 Å². The van der Waals surface area contributed by atoms with Crippen LogP contribution in [0.1, 0.15) is 55.9 Å². The van der Waals surface area contributed by atoms with Crippen LogP contribution in [0.4, 0.5) is 0 Å². The minimum absolute atomic E-state index is 0.156. The number of pyridine rings is 1. The van der Waals surface area contributed by atoms with E-state index in [2.05, 4.69) is 12.2 Å². The first-order valence-corrected chi connectivity index (χ1v) is 6.72. The quantitative estimate of drug-likeness (QED) is 0.437. The molecule has 0 aliphatic carbocycles. The summed E-state index contributed by atoms with van der Waals surface area (Å²) in [6, 6.07) is 4.83. The molecule has 0 spiro atoms. The van der Waals surface area contributed by atoms with E-state index in [1.54, 1.807) is 12.1 Å². The largest absolute Gasteiger partial charge is 0.618 e. The van der Waals surface area contributed by atoms with E-state index in [9.17, 15) is 10.0 Å². The lowest BCUT2D eigenvalue weighted by Crippen LogP contribution is -2.39. The Hall–Kier alpha value is -1.58. The molecule has 0 unspecified atom stereocenters. The Morgan fingerprint density at radius 2 is 1.94 bits per heavy atom. The molecule has 1 N–H and O–H groups in total. The van der Waals surface area contributed by atoms with E-state index < -0.39 is 0 Å². The molecule has 1 amide bonds. The van der Waals surface area contributed by atoms with Crippen molar-refractivity contribution < 1.29 is 9.52 Å². The monoisotopic (exact) mass is 250 g/mol. The Morgan fingerprint density at radius 1 is 1.22 bits per heavy atom. The van der Waals surface area contributed by atoms with Crippen molar-refractivity contribution >= 4 is 5.91 Å². The average molecular weight is 250 g/mol. The Labute approximate surface area is 109 Å². The van der Waals surface area contributed by atoms with Gasteiger partial charge in [0.15, 0.2) is 6.20 Å². The highest BCUT2D eigenvalue weighted by atomic mass is 16.5. The SMILES string of the molecule is CCCCCCCCNC(=O)c1cccc[n+]1[O-]. The van der Waals surface area contributed by atoms with Crippen LogP contribution in [0.5, 0.6) is 0 Å². The van der Waals surface area contributed by atoms with Gasteiger partial charge in [-0.2, -0.15) is 4.73 Å². The van der Waals surface area contributed by atoms with Crippen molar-refractivity contribution in [1.82, 2.24) is 5.32 Å². The zero-order chi connectivity index (χ0) is 13.2. The second kappa shape index (κ2) is 8.50. The number of aromatic nitrogens is 1. The topological polar surface area (TPSA) is 56.0 Å². The summed E-state index contributed by atoms with van der Waals surface area (Å²) < 4.78 is 0.594. The summed E-state index contributed by atoms with van der Waals surface area (Å²) in [5.41, 5.74) is 0.156. The fourth-order valence-corrected chi connectivity index (χ4v) is 1.80. The van der Waals surface area contributed by atoms with Crippen molar-refractivity contribution in [2.75, 3.05) is 6.54 Å². The molecule has 1 aromatic heterocycles. The van der Waals surface area contributed by atoms with Crippen LogP contribution in [-0.4, -0.2) is 12.5 Å². The van der Waals surface area contributed by atoms with Gasteiger partial charge in [0.2, 0.25) is 0 Å². The minimum Gasteiger partial charge on any atom is -0.618 e. The number of nitrogens with one attached hydrogen (secondary N) is 1. The number of amides is 1. The van der Waals surface area contributed by atoms with Crippen LogP contribution >= 0.6 is 0 Å². The van der Waals surface area contributed by atoms with Gasteiger partial charge in [-0.1, -0.05) is 39.0 Å². The van der Waals surface area contributed by atoms with Crippen LogP contribution < -0.4 is 10.0 Å². The standard InChI is InChI=1S/C14H22N2O2/c1-2-3-4-5-6-8-11-15-14(17)13-10-7-9-12-16(13)18/h7,9-10,12H,2-6,8,11H2,1H3,(H,15,17). The molecule has 1 rings (SSSR count). The van der Waals surface area contributed by atoms with Gasteiger partial charge in [0.25, 0.3) is 5.69 Å². The minimum atomic E-state index is -0.292. The molecule has 4 heteroatoms. The number of carbonyl (C=O) groups is 1. The van der Waals surface area contributed by atoms with Crippen LogP contribution in [0.2, 0.25) is 0 Å². The fourth-order valence-electron chi connectivity index (χ4n) is 1.80. The van der Waals surface area contributed by atoms with Gasteiger partial charge in [-0.15, -0.1) is 0 Å². The van der Waals surface area contributed by atoms with Crippen LogP contribution in [0.25, 0.3) is 0 Å². The summed E-state index contributed by atoms with van der Waals surface area (Å²) in [6.07, 6.45) is 8.45. The Bertz CT molecular complexity index is 367. The highest BCUT2D eigenvalue weighted by molar-refractivity contribution is 5.90. The van der Waals surface area contributed by atoms with E-state index in [1.807, 2.05) is 0 Å². The third kappa shape index (κ3) is 5.17. The smallest absolute Gasteiger partial charge is 0.317 e. The molecule has 0 radical (unpaired) electrons. The van der Waals surface area contributed by atoms with Gasteiger partial charge in [0.05, 0.1) is 0 Å². The first-order valence-electron chi connectivity index (χ1n) is 6.72. The molecule has 0 aliphatic rings. The molecule has 18 heavy (non-hydrogen) atoms. The van der Waals surface area contributed by atoms with Gasteiger partial charge >= 0.3 is 5.91 Å². The van der Waals surface area contributed by atoms with E-state index >= 15 is 0 Å².